The first kappa shape index (κ1) is 10.8. The van der Waals surface area contributed by atoms with Crippen LogP contribution in [0.5, 0.6) is 0 Å². The van der Waals surface area contributed by atoms with Crippen LogP contribution < -0.4 is 5.32 Å². The molecule has 1 aromatic rings. The first-order valence-corrected chi connectivity index (χ1v) is 6.76. The number of nitrogens with one attached hydrogen (secondary N) is 1. The number of rotatable bonds is 4. The summed E-state index contributed by atoms with van der Waals surface area (Å²) in [4.78, 5) is 0. The van der Waals surface area contributed by atoms with Crippen LogP contribution in [0.25, 0.3) is 0 Å². The molecule has 0 aromatic carbocycles. The van der Waals surface area contributed by atoms with Gasteiger partial charge in [-0.15, -0.1) is 5.10 Å². The summed E-state index contributed by atoms with van der Waals surface area (Å²) in [5.41, 5.74) is 0. The van der Waals surface area contributed by atoms with Gasteiger partial charge in [0.25, 0.3) is 0 Å². The Morgan fingerprint density at radius 1 is 1.47 bits per heavy atom. The lowest BCUT2D eigenvalue weighted by Crippen LogP contribution is -2.37. The van der Waals surface area contributed by atoms with Crippen LogP contribution in [-0.4, -0.2) is 43.3 Å². The van der Waals surface area contributed by atoms with Crippen LogP contribution in [0.2, 0.25) is 0 Å². The zero-order valence-electron chi connectivity index (χ0n) is 8.63. The Balaban J connectivity index is 1.64. The topological polar surface area (TPSA) is 59.8 Å². The third-order valence-electron chi connectivity index (χ3n) is 2.63. The van der Waals surface area contributed by atoms with E-state index in [0.717, 1.165) is 37.4 Å². The van der Waals surface area contributed by atoms with Crippen molar-refractivity contribution >= 4 is 10.8 Å². The maximum absolute atomic E-state index is 11.1. The van der Waals surface area contributed by atoms with Crippen molar-refractivity contribution in [3.8, 4) is 0 Å². The first-order chi connectivity index (χ1) is 7.34. The molecular weight excluding hydrogens is 212 g/mol. The quantitative estimate of drug-likeness (QED) is 0.774. The number of hydrogen-bond acceptors (Lipinski definition) is 4. The van der Waals surface area contributed by atoms with Crippen molar-refractivity contribution in [1.82, 2.24) is 20.3 Å². The lowest BCUT2D eigenvalue weighted by molar-refractivity contribution is 0.445. The van der Waals surface area contributed by atoms with Gasteiger partial charge in [0.15, 0.2) is 0 Å². The van der Waals surface area contributed by atoms with Gasteiger partial charge in [0.1, 0.15) is 0 Å². The number of aromatic nitrogens is 3. The highest BCUT2D eigenvalue weighted by molar-refractivity contribution is 7.85. The molecule has 5 nitrogen and oxygen atoms in total. The Labute approximate surface area is 91.7 Å². The summed E-state index contributed by atoms with van der Waals surface area (Å²) in [5.74, 6) is 1.70. The highest BCUT2D eigenvalue weighted by Crippen LogP contribution is 2.08. The molecule has 0 aliphatic carbocycles. The van der Waals surface area contributed by atoms with Crippen LogP contribution in [0.1, 0.15) is 12.8 Å². The van der Waals surface area contributed by atoms with Crippen LogP contribution in [-0.2, 0) is 17.3 Å². The Hall–Kier alpha value is -0.750. The minimum atomic E-state index is -0.564. The van der Waals surface area contributed by atoms with Gasteiger partial charge in [-0.3, -0.25) is 8.89 Å². The molecule has 0 unspecified atom stereocenters. The van der Waals surface area contributed by atoms with E-state index in [-0.39, 0.29) is 0 Å². The standard InChI is InChI=1S/C9H16N4OS/c14-15-7-1-9(2-8-15)10-3-5-13-6-4-11-12-13/h4,6,9-10H,1-3,5,7-8H2. The molecule has 84 valence electrons. The van der Waals surface area contributed by atoms with Crippen LogP contribution in [0.3, 0.4) is 0 Å². The summed E-state index contributed by atoms with van der Waals surface area (Å²) in [6, 6.07) is 0.534. The maximum atomic E-state index is 11.1. The lowest BCUT2D eigenvalue weighted by atomic mass is 10.1. The van der Waals surface area contributed by atoms with E-state index in [1.165, 1.54) is 0 Å². The van der Waals surface area contributed by atoms with E-state index >= 15 is 0 Å². The maximum Gasteiger partial charge on any atom is 0.0692 e. The molecule has 2 heterocycles. The lowest BCUT2D eigenvalue weighted by Gasteiger charge is -2.22. The summed E-state index contributed by atoms with van der Waals surface area (Å²) < 4.78 is 12.9. The van der Waals surface area contributed by atoms with Crippen LogP contribution in [0.4, 0.5) is 0 Å². The molecule has 15 heavy (non-hydrogen) atoms. The largest absolute Gasteiger partial charge is 0.312 e. The average Bonchev–Trinajstić information content (AvgIpc) is 2.74. The Bertz CT molecular complexity index is 304. The molecule has 1 aliphatic heterocycles. The molecule has 0 spiro atoms. The Morgan fingerprint density at radius 3 is 2.93 bits per heavy atom. The van der Waals surface area contributed by atoms with Gasteiger partial charge in [-0.2, -0.15) is 0 Å². The zero-order valence-corrected chi connectivity index (χ0v) is 9.45. The van der Waals surface area contributed by atoms with Crippen molar-refractivity contribution in [2.75, 3.05) is 18.1 Å². The highest BCUT2D eigenvalue weighted by Gasteiger charge is 2.16. The number of hydrogen-bond donors (Lipinski definition) is 1. The molecule has 0 amide bonds. The molecule has 1 aliphatic rings. The van der Waals surface area contributed by atoms with E-state index in [4.69, 9.17) is 0 Å². The van der Waals surface area contributed by atoms with Gasteiger partial charge in [0.2, 0.25) is 0 Å². The first-order valence-electron chi connectivity index (χ1n) is 5.27. The fourth-order valence-electron chi connectivity index (χ4n) is 1.73. The zero-order chi connectivity index (χ0) is 10.5. The smallest absolute Gasteiger partial charge is 0.0692 e. The SMILES string of the molecule is O=S1CCC(NCCn2ccnn2)CC1. The molecule has 1 saturated heterocycles. The summed E-state index contributed by atoms with van der Waals surface area (Å²) in [7, 11) is -0.564. The van der Waals surface area contributed by atoms with Crippen LogP contribution in [0, 0.1) is 0 Å². The van der Waals surface area contributed by atoms with Gasteiger partial charge in [0.05, 0.1) is 12.7 Å². The molecule has 0 radical (unpaired) electrons. The second kappa shape index (κ2) is 5.37. The van der Waals surface area contributed by atoms with Gasteiger partial charge < -0.3 is 5.32 Å². The molecular formula is C9H16N4OS. The molecule has 1 N–H and O–H groups in total. The monoisotopic (exact) mass is 228 g/mol. The van der Waals surface area contributed by atoms with E-state index in [0.29, 0.717) is 6.04 Å². The van der Waals surface area contributed by atoms with Crippen molar-refractivity contribution in [1.29, 1.82) is 0 Å². The molecule has 0 saturated carbocycles. The van der Waals surface area contributed by atoms with Crippen molar-refractivity contribution in [3.05, 3.63) is 12.4 Å². The van der Waals surface area contributed by atoms with E-state index in [1.54, 1.807) is 6.20 Å². The fraction of sp³-hybridized carbons (Fsp3) is 0.778. The van der Waals surface area contributed by atoms with Crippen molar-refractivity contribution in [2.24, 2.45) is 0 Å². The minimum absolute atomic E-state index is 0.534. The summed E-state index contributed by atoms with van der Waals surface area (Å²) in [5, 5.41) is 11.1. The van der Waals surface area contributed by atoms with Gasteiger partial charge >= 0.3 is 0 Å². The van der Waals surface area contributed by atoms with E-state index < -0.39 is 10.8 Å². The predicted octanol–water partition coefficient (Wildman–Crippen LogP) is -0.221. The summed E-state index contributed by atoms with van der Waals surface area (Å²) in [6.45, 7) is 1.75. The second-order valence-corrected chi connectivity index (χ2v) is 5.44. The third-order valence-corrected chi connectivity index (χ3v) is 4.02. The van der Waals surface area contributed by atoms with Gasteiger partial charge in [-0.25, -0.2) is 0 Å². The molecule has 0 atom stereocenters. The molecule has 6 heteroatoms. The van der Waals surface area contributed by atoms with Crippen molar-refractivity contribution in [2.45, 2.75) is 25.4 Å². The molecule has 2 rings (SSSR count). The van der Waals surface area contributed by atoms with Gasteiger partial charge in [0, 0.05) is 41.1 Å². The van der Waals surface area contributed by atoms with Crippen molar-refractivity contribution < 1.29 is 4.21 Å². The normalized spacial score (nSPS) is 26.7. The predicted molar refractivity (Wildman–Crippen MR) is 58.9 cm³/mol. The molecule has 1 fully saturated rings. The van der Waals surface area contributed by atoms with E-state index in [2.05, 4.69) is 15.6 Å². The van der Waals surface area contributed by atoms with Crippen molar-refractivity contribution in [3.63, 3.8) is 0 Å². The summed E-state index contributed by atoms with van der Waals surface area (Å²) >= 11 is 0. The Kier molecular flexibility index (Phi) is 3.85. The van der Waals surface area contributed by atoms with Gasteiger partial charge in [-0.1, -0.05) is 5.21 Å². The number of nitrogens with zero attached hydrogens (tertiary/aromatic N) is 3. The van der Waals surface area contributed by atoms with Crippen LogP contribution in [0.15, 0.2) is 12.4 Å². The minimum Gasteiger partial charge on any atom is -0.312 e. The van der Waals surface area contributed by atoms with Crippen LogP contribution >= 0.6 is 0 Å². The second-order valence-electron chi connectivity index (χ2n) is 3.74. The highest BCUT2D eigenvalue weighted by atomic mass is 32.2. The average molecular weight is 228 g/mol. The fourth-order valence-corrected chi connectivity index (χ4v) is 3.03. The molecule has 1 aromatic heterocycles. The van der Waals surface area contributed by atoms with Gasteiger partial charge in [-0.05, 0) is 12.8 Å². The van der Waals surface area contributed by atoms with E-state index in [9.17, 15) is 4.21 Å². The third kappa shape index (κ3) is 3.39. The molecule has 0 bridgehead atoms. The summed E-state index contributed by atoms with van der Waals surface area (Å²) in [6.07, 6.45) is 5.61. The Morgan fingerprint density at radius 2 is 2.27 bits per heavy atom. The van der Waals surface area contributed by atoms with E-state index in [1.807, 2.05) is 10.9 Å².